The Morgan fingerprint density at radius 1 is 1.22 bits per heavy atom. The quantitative estimate of drug-likeness (QED) is 0.873. The molecule has 1 saturated carbocycles. The maximum absolute atomic E-state index is 12.0. The van der Waals surface area contributed by atoms with E-state index in [2.05, 4.69) is 5.32 Å². The SMILES string of the molecule is O=C(NC1CCCC1)c1cc2c(o1)CCCC2=O. The van der Waals surface area contributed by atoms with Gasteiger partial charge < -0.3 is 9.73 Å². The van der Waals surface area contributed by atoms with Crippen LogP contribution >= 0.6 is 0 Å². The third-order valence-corrected chi connectivity index (χ3v) is 3.83. The Balaban J connectivity index is 1.75. The van der Waals surface area contributed by atoms with E-state index >= 15 is 0 Å². The monoisotopic (exact) mass is 247 g/mol. The fourth-order valence-corrected chi connectivity index (χ4v) is 2.83. The maximum Gasteiger partial charge on any atom is 0.287 e. The van der Waals surface area contributed by atoms with Crippen LogP contribution in [0.3, 0.4) is 0 Å². The molecule has 1 heterocycles. The van der Waals surface area contributed by atoms with Crippen LogP contribution in [-0.4, -0.2) is 17.7 Å². The van der Waals surface area contributed by atoms with E-state index < -0.39 is 0 Å². The highest BCUT2D eigenvalue weighted by Gasteiger charge is 2.26. The van der Waals surface area contributed by atoms with Gasteiger partial charge in [0, 0.05) is 24.9 Å². The third kappa shape index (κ3) is 2.07. The molecule has 3 rings (SSSR count). The van der Waals surface area contributed by atoms with Crippen molar-refractivity contribution >= 4 is 11.7 Å². The molecule has 1 aromatic rings. The summed E-state index contributed by atoms with van der Waals surface area (Å²) in [6.07, 6.45) is 6.60. The first kappa shape index (κ1) is 11.5. The molecule has 0 unspecified atom stereocenters. The first-order chi connectivity index (χ1) is 8.74. The van der Waals surface area contributed by atoms with Gasteiger partial charge in [0.1, 0.15) is 5.76 Å². The molecule has 4 heteroatoms. The summed E-state index contributed by atoms with van der Waals surface area (Å²) in [5, 5.41) is 2.98. The fraction of sp³-hybridized carbons (Fsp3) is 0.571. The number of furan rings is 1. The highest BCUT2D eigenvalue weighted by atomic mass is 16.4. The molecule has 0 aromatic carbocycles. The highest BCUT2D eigenvalue weighted by molar-refractivity contribution is 6.01. The molecule has 1 fully saturated rings. The Morgan fingerprint density at radius 3 is 2.72 bits per heavy atom. The molecule has 18 heavy (non-hydrogen) atoms. The van der Waals surface area contributed by atoms with Gasteiger partial charge in [0.2, 0.25) is 0 Å². The number of rotatable bonds is 2. The molecule has 2 aliphatic carbocycles. The van der Waals surface area contributed by atoms with Gasteiger partial charge in [-0.3, -0.25) is 9.59 Å². The standard InChI is InChI=1S/C14H17NO3/c16-11-6-3-7-12-10(11)8-13(18-12)14(17)15-9-4-1-2-5-9/h8-9H,1-7H2,(H,15,17). The fourth-order valence-electron chi connectivity index (χ4n) is 2.83. The molecular formula is C14H17NO3. The van der Waals surface area contributed by atoms with Crippen molar-refractivity contribution in [3.8, 4) is 0 Å². The maximum atomic E-state index is 12.0. The molecule has 1 N–H and O–H groups in total. The zero-order valence-electron chi connectivity index (χ0n) is 10.3. The molecule has 2 aliphatic rings. The van der Waals surface area contributed by atoms with E-state index in [-0.39, 0.29) is 17.7 Å². The molecule has 0 radical (unpaired) electrons. The Bertz CT molecular complexity index is 483. The molecular weight excluding hydrogens is 230 g/mol. The van der Waals surface area contributed by atoms with Crippen molar-refractivity contribution in [1.29, 1.82) is 0 Å². The molecule has 0 atom stereocenters. The lowest BCUT2D eigenvalue weighted by Crippen LogP contribution is -2.32. The van der Waals surface area contributed by atoms with E-state index in [1.165, 1.54) is 12.8 Å². The van der Waals surface area contributed by atoms with Gasteiger partial charge in [-0.2, -0.15) is 0 Å². The molecule has 0 spiro atoms. The van der Waals surface area contributed by atoms with Crippen molar-refractivity contribution in [2.24, 2.45) is 0 Å². The summed E-state index contributed by atoms with van der Waals surface area (Å²) in [7, 11) is 0. The van der Waals surface area contributed by atoms with Crippen molar-refractivity contribution in [3.63, 3.8) is 0 Å². The molecule has 0 saturated heterocycles. The summed E-state index contributed by atoms with van der Waals surface area (Å²) in [6, 6.07) is 1.89. The number of hydrogen-bond acceptors (Lipinski definition) is 3. The Labute approximate surface area is 106 Å². The highest BCUT2D eigenvalue weighted by Crippen LogP contribution is 2.25. The lowest BCUT2D eigenvalue weighted by Gasteiger charge is -2.09. The molecule has 0 bridgehead atoms. The van der Waals surface area contributed by atoms with E-state index in [9.17, 15) is 9.59 Å². The molecule has 1 aromatic heterocycles. The number of aryl methyl sites for hydroxylation is 1. The van der Waals surface area contributed by atoms with E-state index in [1.807, 2.05) is 0 Å². The van der Waals surface area contributed by atoms with Gasteiger partial charge in [0.25, 0.3) is 5.91 Å². The topological polar surface area (TPSA) is 59.3 Å². The van der Waals surface area contributed by atoms with Crippen molar-refractivity contribution < 1.29 is 14.0 Å². The number of hydrogen-bond donors (Lipinski definition) is 1. The number of nitrogens with one attached hydrogen (secondary N) is 1. The van der Waals surface area contributed by atoms with Crippen LogP contribution in [0.5, 0.6) is 0 Å². The minimum Gasteiger partial charge on any atom is -0.455 e. The van der Waals surface area contributed by atoms with Gasteiger partial charge >= 0.3 is 0 Å². The molecule has 96 valence electrons. The van der Waals surface area contributed by atoms with Gasteiger partial charge in [-0.1, -0.05) is 12.8 Å². The minimum absolute atomic E-state index is 0.0971. The Kier molecular flexibility index (Phi) is 2.94. The van der Waals surface area contributed by atoms with Gasteiger partial charge in [0.15, 0.2) is 11.5 Å². The van der Waals surface area contributed by atoms with Crippen molar-refractivity contribution in [3.05, 3.63) is 23.2 Å². The van der Waals surface area contributed by atoms with Gasteiger partial charge in [-0.05, 0) is 19.3 Å². The van der Waals surface area contributed by atoms with Crippen LogP contribution in [0.1, 0.15) is 65.2 Å². The van der Waals surface area contributed by atoms with E-state index in [0.717, 1.165) is 25.7 Å². The number of carbonyl (C=O) groups excluding carboxylic acids is 2. The summed E-state index contributed by atoms with van der Waals surface area (Å²) in [5.74, 6) is 0.897. The van der Waals surface area contributed by atoms with Gasteiger partial charge in [-0.15, -0.1) is 0 Å². The van der Waals surface area contributed by atoms with E-state index in [0.29, 0.717) is 23.5 Å². The van der Waals surface area contributed by atoms with Crippen LogP contribution in [0, 0.1) is 0 Å². The second-order valence-corrected chi connectivity index (χ2v) is 5.18. The average molecular weight is 247 g/mol. The largest absolute Gasteiger partial charge is 0.455 e. The second-order valence-electron chi connectivity index (χ2n) is 5.18. The number of Topliss-reactive ketones (excluding diaryl/α,β-unsaturated/α-hetero) is 1. The smallest absolute Gasteiger partial charge is 0.287 e. The average Bonchev–Trinajstić information content (AvgIpc) is 2.97. The number of fused-ring (bicyclic) bond motifs is 1. The van der Waals surface area contributed by atoms with Crippen molar-refractivity contribution in [2.75, 3.05) is 0 Å². The Morgan fingerprint density at radius 2 is 2.00 bits per heavy atom. The van der Waals surface area contributed by atoms with Crippen molar-refractivity contribution in [1.82, 2.24) is 5.32 Å². The predicted molar refractivity (Wildman–Crippen MR) is 65.7 cm³/mol. The van der Waals surface area contributed by atoms with Crippen molar-refractivity contribution in [2.45, 2.75) is 51.0 Å². The first-order valence-electron chi connectivity index (χ1n) is 6.71. The van der Waals surface area contributed by atoms with Gasteiger partial charge in [-0.25, -0.2) is 0 Å². The predicted octanol–water partition coefficient (Wildman–Crippen LogP) is 2.47. The summed E-state index contributed by atoms with van der Waals surface area (Å²) in [6.45, 7) is 0. The number of ketones is 1. The first-order valence-corrected chi connectivity index (χ1v) is 6.71. The zero-order valence-corrected chi connectivity index (χ0v) is 10.3. The molecule has 0 aliphatic heterocycles. The molecule has 4 nitrogen and oxygen atoms in total. The van der Waals surface area contributed by atoms with E-state index in [4.69, 9.17) is 4.42 Å². The van der Waals surface area contributed by atoms with Crippen LogP contribution in [0.25, 0.3) is 0 Å². The van der Waals surface area contributed by atoms with Crippen LogP contribution in [0.15, 0.2) is 10.5 Å². The Hall–Kier alpha value is -1.58. The summed E-state index contributed by atoms with van der Waals surface area (Å²) < 4.78 is 5.52. The third-order valence-electron chi connectivity index (χ3n) is 3.83. The molecule has 1 amide bonds. The summed E-state index contributed by atoms with van der Waals surface area (Å²) in [4.78, 5) is 23.7. The summed E-state index contributed by atoms with van der Waals surface area (Å²) in [5.41, 5.74) is 0.609. The van der Waals surface area contributed by atoms with Gasteiger partial charge in [0.05, 0.1) is 5.56 Å². The number of amides is 1. The van der Waals surface area contributed by atoms with Crippen LogP contribution in [-0.2, 0) is 6.42 Å². The second kappa shape index (κ2) is 4.59. The van der Waals surface area contributed by atoms with Crippen LogP contribution in [0.4, 0.5) is 0 Å². The zero-order chi connectivity index (χ0) is 12.5. The van der Waals surface area contributed by atoms with Crippen LogP contribution in [0.2, 0.25) is 0 Å². The minimum atomic E-state index is -0.177. The van der Waals surface area contributed by atoms with E-state index in [1.54, 1.807) is 6.07 Å². The number of carbonyl (C=O) groups is 2. The lowest BCUT2D eigenvalue weighted by molar-refractivity contribution is 0.0905. The summed E-state index contributed by atoms with van der Waals surface area (Å²) >= 11 is 0. The normalized spacial score (nSPS) is 19.9. The van der Waals surface area contributed by atoms with Crippen LogP contribution < -0.4 is 5.32 Å². The lowest BCUT2D eigenvalue weighted by atomic mass is 9.97.